The van der Waals surface area contributed by atoms with Crippen molar-refractivity contribution >= 4 is 12.3 Å². The largest absolute Gasteiger partial charge is 0.469 e. The lowest BCUT2D eigenvalue weighted by atomic mass is 10.1. The minimum Gasteiger partial charge on any atom is -0.469 e. The summed E-state index contributed by atoms with van der Waals surface area (Å²) in [6.45, 7) is 3.42. The highest BCUT2D eigenvalue weighted by atomic mass is 19.1. The minimum atomic E-state index is -0.710. The van der Waals surface area contributed by atoms with Crippen LogP contribution in [0.3, 0.4) is 0 Å². The number of aldehydes is 1. The molecule has 1 atom stereocenters. The van der Waals surface area contributed by atoms with Crippen LogP contribution in [-0.2, 0) is 4.74 Å². The van der Waals surface area contributed by atoms with Crippen molar-refractivity contribution < 1.29 is 23.5 Å². The second-order valence-corrected chi connectivity index (χ2v) is 4.70. The maximum atomic E-state index is 13.8. The quantitative estimate of drug-likeness (QED) is 0.604. The second-order valence-electron chi connectivity index (χ2n) is 4.70. The third-order valence-corrected chi connectivity index (χ3v) is 3.19. The summed E-state index contributed by atoms with van der Waals surface area (Å²) in [5.41, 5.74) is 0.363. The fourth-order valence-corrected chi connectivity index (χ4v) is 2.09. The summed E-state index contributed by atoms with van der Waals surface area (Å²) in [7, 11) is 0. The number of benzene rings is 1. The van der Waals surface area contributed by atoms with E-state index in [2.05, 4.69) is 4.98 Å². The highest BCUT2D eigenvalue weighted by molar-refractivity contribution is 6.00. The van der Waals surface area contributed by atoms with Gasteiger partial charge in [-0.25, -0.2) is 14.2 Å². The molecule has 0 radical (unpaired) electrons. The van der Waals surface area contributed by atoms with E-state index >= 15 is 0 Å². The highest BCUT2D eigenvalue weighted by Gasteiger charge is 2.22. The van der Waals surface area contributed by atoms with Crippen LogP contribution in [0, 0.1) is 5.82 Å². The second kappa shape index (κ2) is 7.49. The summed E-state index contributed by atoms with van der Waals surface area (Å²) < 4.78 is 24.4. The van der Waals surface area contributed by atoms with Gasteiger partial charge in [-0.1, -0.05) is 18.2 Å². The molecule has 0 amide bonds. The van der Waals surface area contributed by atoms with Gasteiger partial charge in [0.1, 0.15) is 17.5 Å². The number of aromatic nitrogens is 1. The first-order chi connectivity index (χ1) is 11.1. The number of esters is 1. The average Bonchev–Trinajstić information content (AvgIpc) is 2.55. The standard InChI is InChI=1S/C17H16FNO4/c1-3-22-17(21)15-12(10-20)8-9-19-16(15)23-11(2)13-6-4-5-7-14(13)18/h4-11H,3H2,1-2H3. The van der Waals surface area contributed by atoms with Crippen LogP contribution in [0.25, 0.3) is 0 Å². The van der Waals surface area contributed by atoms with Gasteiger partial charge in [0.05, 0.1) is 6.61 Å². The molecule has 0 fully saturated rings. The SMILES string of the molecule is CCOC(=O)c1c(C=O)ccnc1OC(C)c1ccccc1F. The summed E-state index contributed by atoms with van der Waals surface area (Å²) in [5.74, 6) is -1.20. The summed E-state index contributed by atoms with van der Waals surface area (Å²) in [6, 6.07) is 7.53. The molecule has 0 N–H and O–H groups in total. The van der Waals surface area contributed by atoms with Crippen LogP contribution < -0.4 is 4.74 Å². The lowest BCUT2D eigenvalue weighted by molar-refractivity contribution is 0.0515. The molecule has 1 aromatic carbocycles. The van der Waals surface area contributed by atoms with Crippen molar-refractivity contribution in [3.05, 3.63) is 59.0 Å². The van der Waals surface area contributed by atoms with Crippen molar-refractivity contribution in [3.8, 4) is 5.88 Å². The van der Waals surface area contributed by atoms with Gasteiger partial charge in [-0.15, -0.1) is 0 Å². The molecule has 6 heteroatoms. The number of pyridine rings is 1. The maximum Gasteiger partial charge on any atom is 0.344 e. The van der Waals surface area contributed by atoms with Gasteiger partial charge in [0, 0.05) is 17.3 Å². The lowest BCUT2D eigenvalue weighted by Gasteiger charge is -2.17. The topological polar surface area (TPSA) is 65.5 Å². The fourth-order valence-electron chi connectivity index (χ4n) is 2.09. The van der Waals surface area contributed by atoms with E-state index in [1.54, 1.807) is 32.0 Å². The Labute approximate surface area is 133 Å². The zero-order valence-corrected chi connectivity index (χ0v) is 12.8. The van der Waals surface area contributed by atoms with E-state index in [-0.39, 0.29) is 23.6 Å². The summed E-state index contributed by atoms with van der Waals surface area (Å²) in [6.07, 6.45) is 1.17. The fraction of sp³-hybridized carbons (Fsp3) is 0.235. The van der Waals surface area contributed by atoms with E-state index in [4.69, 9.17) is 9.47 Å². The molecule has 0 bridgehead atoms. The molecule has 1 unspecified atom stereocenters. The van der Waals surface area contributed by atoms with Gasteiger partial charge in [-0.05, 0) is 26.0 Å². The van der Waals surface area contributed by atoms with Gasteiger partial charge in [0.2, 0.25) is 5.88 Å². The maximum absolute atomic E-state index is 13.8. The van der Waals surface area contributed by atoms with Gasteiger partial charge in [0.15, 0.2) is 6.29 Å². The molecule has 0 saturated carbocycles. The van der Waals surface area contributed by atoms with E-state index < -0.39 is 17.9 Å². The number of nitrogens with zero attached hydrogens (tertiary/aromatic N) is 1. The number of carbonyl (C=O) groups excluding carboxylic acids is 2. The van der Waals surface area contributed by atoms with Crippen molar-refractivity contribution in [2.24, 2.45) is 0 Å². The summed E-state index contributed by atoms with van der Waals surface area (Å²) >= 11 is 0. The molecule has 0 aliphatic heterocycles. The smallest absolute Gasteiger partial charge is 0.344 e. The monoisotopic (exact) mass is 317 g/mol. The predicted molar refractivity (Wildman–Crippen MR) is 81.0 cm³/mol. The van der Waals surface area contributed by atoms with Crippen LogP contribution in [0.4, 0.5) is 4.39 Å². The van der Waals surface area contributed by atoms with Gasteiger partial charge in [-0.2, -0.15) is 0 Å². The van der Waals surface area contributed by atoms with Crippen molar-refractivity contribution in [3.63, 3.8) is 0 Å². The molecule has 0 saturated heterocycles. The van der Waals surface area contributed by atoms with Crippen LogP contribution in [-0.4, -0.2) is 23.8 Å². The zero-order chi connectivity index (χ0) is 16.8. The van der Waals surface area contributed by atoms with E-state index in [9.17, 15) is 14.0 Å². The van der Waals surface area contributed by atoms with Crippen LogP contribution in [0.2, 0.25) is 0 Å². The Morgan fingerprint density at radius 2 is 2.09 bits per heavy atom. The molecular weight excluding hydrogens is 301 g/mol. The minimum absolute atomic E-state index is 0.0625. The van der Waals surface area contributed by atoms with Crippen LogP contribution in [0.5, 0.6) is 5.88 Å². The first-order valence-corrected chi connectivity index (χ1v) is 7.10. The van der Waals surface area contributed by atoms with Crippen molar-refractivity contribution in [2.75, 3.05) is 6.61 Å². The van der Waals surface area contributed by atoms with Crippen LogP contribution in [0.15, 0.2) is 36.5 Å². The van der Waals surface area contributed by atoms with Crippen LogP contribution >= 0.6 is 0 Å². The third-order valence-electron chi connectivity index (χ3n) is 3.19. The molecule has 0 aliphatic carbocycles. The molecule has 5 nitrogen and oxygen atoms in total. The average molecular weight is 317 g/mol. The Kier molecular flexibility index (Phi) is 5.41. The molecule has 1 aromatic heterocycles. The Hall–Kier alpha value is -2.76. The van der Waals surface area contributed by atoms with Crippen molar-refractivity contribution in [1.29, 1.82) is 0 Å². The number of hydrogen-bond acceptors (Lipinski definition) is 5. The van der Waals surface area contributed by atoms with E-state index in [1.165, 1.54) is 18.3 Å². The van der Waals surface area contributed by atoms with Gasteiger partial charge in [-0.3, -0.25) is 4.79 Å². The number of rotatable bonds is 6. The van der Waals surface area contributed by atoms with Gasteiger partial charge >= 0.3 is 5.97 Å². The highest BCUT2D eigenvalue weighted by Crippen LogP contribution is 2.26. The Balaban J connectivity index is 2.38. The first kappa shape index (κ1) is 16.6. The molecule has 0 aliphatic rings. The van der Waals surface area contributed by atoms with Gasteiger partial charge in [0.25, 0.3) is 0 Å². The normalized spacial score (nSPS) is 11.6. The molecule has 2 aromatic rings. The molecule has 2 rings (SSSR count). The van der Waals surface area contributed by atoms with E-state index in [0.717, 1.165) is 0 Å². The Morgan fingerprint density at radius 1 is 1.35 bits per heavy atom. The predicted octanol–water partition coefficient (Wildman–Crippen LogP) is 3.35. The Morgan fingerprint density at radius 3 is 2.74 bits per heavy atom. The number of ether oxygens (including phenoxy) is 2. The number of carbonyl (C=O) groups is 2. The van der Waals surface area contributed by atoms with E-state index in [1.807, 2.05) is 0 Å². The number of halogens is 1. The van der Waals surface area contributed by atoms with Crippen molar-refractivity contribution in [1.82, 2.24) is 4.98 Å². The zero-order valence-electron chi connectivity index (χ0n) is 12.8. The van der Waals surface area contributed by atoms with Crippen molar-refractivity contribution in [2.45, 2.75) is 20.0 Å². The van der Waals surface area contributed by atoms with E-state index in [0.29, 0.717) is 11.8 Å². The lowest BCUT2D eigenvalue weighted by Crippen LogP contribution is -2.14. The molecular formula is C17H16FNO4. The molecule has 1 heterocycles. The Bertz CT molecular complexity index is 717. The van der Waals surface area contributed by atoms with Crippen LogP contribution in [0.1, 0.15) is 46.2 Å². The summed E-state index contributed by atoms with van der Waals surface area (Å²) in [5, 5.41) is 0. The molecule has 0 spiro atoms. The van der Waals surface area contributed by atoms with Gasteiger partial charge < -0.3 is 9.47 Å². The first-order valence-electron chi connectivity index (χ1n) is 7.10. The molecule has 23 heavy (non-hydrogen) atoms. The number of hydrogen-bond donors (Lipinski definition) is 0. The third kappa shape index (κ3) is 3.71. The molecule has 120 valence electrons. The summed E-state index contributed by atoms with van der Waals surface area (Å²) in [4.78, 5) is 27.2.